The molecule has 0 saturated carbocycles. The van der Waals surface area contributed by atoms with E-state index in [2.05, 4.69) is 10.1 Å². The maximum absolute atomic E-state index is 12.0. The number of rotatable bonds is 7. The average Bonchev–Trinajstić information content (AvgIpc) is 3.16. The number of nitrogens with zero attached hydrogens (tertiary/aromatic N) is 2. The van der Waals surface area contributed by atoms with Crippen LogP contribution in [0, 0.1) is 0 Å². The number of carbonyl (C=O) groups is 1. The first-order valence-corrected chi connectivity index (χ1v) is 8.13. The Labute approximate surface area is 150 Å². The van der Waals surface area contributed by atoms with Crippen LogP contribution in [0.5, 0.6) is 5.75 Å². The zero-order valence-corrected chi connectivity index (χ0v) is 14.2. The molecular formula is C19H18N2O5. The number of aliphatic hydroxyl groups is 1. The summed E-state index contributed by atoms with van der Waals surface area (Å²) in [6.07, 6.45) is 0. The fourth-order valence-corrected chi connectivity index (χ4v) is 2.31. The van der Waals surface area contributed by atoms with E-state index in [0.717, 1.165) is 5.56 Å². The molecule has 0 saturated heterocycles. The smallest absolute Gasteiger partial charge is 0.338 e. The molecular weight excluding hydrogens is 336 g/mol. The summed E-state index contributed by atoms with van der Waals surface area (Å²) in [6.45, 7) is 2.20. The van der Waals surface area contributed by atoms with Crippen LogP contribution < -0.4 is 4.74 Å². The Morgan fingerprint density at radius 1 is 1.15 bits per heavy atom. The Balaban J connectivity index is 1.66. The number of esters is 1. The van der Waals surface area contributed by atoms with Gasteiger partial charge in [-0.25, -0.2) is 4.79 Å². The second-order valence-corrected chi connectivity index (χ2v) is 5.37. The van der Waals surface area contributed by atoms with Crippen LogP contribution in [0.25, 0.3) is 11.4 Å². The third kappa shape index (κ3) is 4.07. The molecule has 2 aromatic carbocycles. The summed E-state index contributed by atoms with van der Waals surface area (Å²) in [4.78, 5) is 16.3. The molecule has 0 amide bonds. The second-order valence-electron chi connectivity index (χ2n) is 5.37. The number of aromatic nitrogens is 2. The molecule has 0 aliphatic rings. The SMILES string of the molecule is CCOc1ccccc1-c1noc(COC(=O)c2ccc(CO)cc2)n1. The van der Waals surface area contributed by atoms with Crippen LogP contribution in [0.4, 0.5) is 0 Å². The standard InChI is InChI=1S/C19H18N2O5/c1-2-24-16-6-4-3-5-15(16)18-20-17(26-21-18)12-25-19(23)14-9-7-13(11-22)8-10-14/h3-10,22H,2,11-12H2,1H3. The monoisotopic (exact) mass is 354 g/mol. The number of hydrogen-bond donors (Lipinski definition) is 1. The van der Waals surface area contributed by atoms with E-state index in [1.54, 1.807) is 24.3 Å². The summed E-state index contributed by atoms with van der Waals surface area (Å²) in [7, 11) is 0. The normalized spacial score (nSPS) is 10.5. The third-order valence-corrected chi connectivity index (χ3v) is 3.59. The molecule has 1 N–H and O–H groups in total. The van der Waals surface area contributed by atoms with Crippen LogP contribution in [0.1, 0.15) is 28.7 Å². The first-order valence-electron chi connectivity index (χ1n) is 8.13. The fourth-order valence-electron chi connectivity index (χ4n) is 2.31. The maximum Gasteiger partial charge on any atom is 0.338 e. The van der Waals surface area contributed by atoms with Gasteiger partial charge in [0, 0.05) is 0 Å². The molecule has 0 aliphatic carbocycles. The zero-order valence-electron chi connectivity index (χ0n) is 14.2. The van der Waals surface area contributed by atoms with Crippen molar-refractivity contribution in [2.45, 2.75) is 20.1 Å². The molecule has 1 aromatic heterocycles. The van der Waals surface area contributed by atoms with Crippen molar-refractivity contribution in [1.29, 1.82) is 0 Å². The molecule has 0 atom stereocenters. The van der Waals surface area contributed by atoms with Crippen molar-refractivity contribution in [3.05, 3.63) is 65.5 Å². The van der Waals surface area contributed by atoms with Crippen molar-refractivity contribution in [2.24, 2.45) is 0 Å². The van der Waals surface area contributed by atoms with E-state index in [4.69, 9.17) is 19.1 Å². The second kappa shape index (κ2) is 8.26. The van der Waals surface area contributed by atoms with Gasteiger partial charge >= 0.3 is 5.97 Å². The van der Waals surface area contributed by atoms with E-state index in [9.17, 15) is 4.79 Å². The molecule has 3 aromatic rings. The number of aliphatic hydroxyl groups excluding tert-OH is 1. The molecule has 1 heterocycles. The summed E-state index contributed by atoms with van der Waals surface area (Å²) in [5, 5.41) is 12.9. The van der Waals surface area contributed by atoms with Crippen molar-refractivity contribution in [3.8, 4) is 17.1 Å². The van der Waals surface area contributed by atoms with Crippen LogP contribution in [0.2, 0.25) is 0 Å². The molecule has 3 rings (SSSR count). The predicted molar refractivity (Wildman–Crippen MR) is 92.4 cm³/mol. The summed E-state index contributed by atoms with van der Waals surface area (Å²) in [5.41, 5.74) is 1.80. The highest BCUT2D eigenvalue weighted by atomic mass is 16.6. The van der Waals surface area contributed by atoms with Gasteiger partial charge in [0.15, 0.2) is 6.61 Å². The van der Waals surface area contributed by atoms with Gasteiger partial charge in [0.05, 0.1) is 24.3 Å². The Hall–Kier alpha value is -3.19. The summed E-state index contributed by atoms with van der Waals surface area (Å²) in [5.74, 6) is 0.700. The molecule has 0 aliphatic heterocycles. The molecule has 0 radical (unpaired) electrons. The van der Waals surface area contributed by atoms with Crippen molar-refractivity contribution < 1.29 is 23.9 Å². The minimum Gasteiger partial charge on any atom is -0.493 e. The lowest BCUT2D eigenvalue weighted by Crippen LogP contribution is -2.05. The van der Waals surface area contributed by atoms with E-state index in [0.29, 0.717) is 29.3 Å². The molecule has 0 unspecified atom stereocenters. The van der Waals surface area contributed by atoms with E-state index >= 15 is 0 Å². The predicted octanol–water partition coefficient (Wildman–Crippen LogP) is 2.98. The topological polar surface area (TPSA) is 94.7 Å². The van der Waals surface area contributed by atoms with Gasteiger partial charge < -0.3 is 19.1 Å². The number of carbonyl (C=O) groups excluding carboxylic acids is 1. The van der Waals surface area contributed by atoms with Gasteiger partial charge in [-0.1, -0.05) is 29.4 Å². The molecule has 0 bridgehead atoms. The van der Waals surface area contributed by atoms with Gasteiger partial charge in [-0.3, -0.25) is 0 Å². The van der Waals surface area contributed by atoms with E-state index in [-0.39, 0.29) is 19.1 Å². The molecule has 26 heavy (non-hydrogen) atoms. The van der Waals surface area contributed by atoms with Gasteiger partial charge in [-0.15, -0.1) is 0 Å². The van der Waals surface area contributed by atoms with Crippen molar-refractivity contribution in [1.82, 2.24) is 10.1 Å². The Morgan fingerprint density at radius 3 is 2.65 bits per heavy atom. The number of benzene rings is 2. The molecule has 7 heteroatoms. The van der Waals surface area contributed by atoms with Gasteiger partial charge in [0.1, 0.15) is 5.75 Å². The van der Waals surface area contributed by atoms with Crippen molar-refractivity contribution in [3.63, 3.8) is 0 Å². The highest BCUT2D eigenvalue weighted by Gasteiger charge is 2.15. The van der Waals surface area contributed by atoms with Crippen LogP contribution in [-0.4, -0.2) is 27.8 Å². The highest BCUT2D eigenvalue weighted by Crippen LogP contribution is 2.27. The quantitative estimate of drug-likeness (QED) is 0.652. The Bertz CT molecular complexity index is 874. The fraction of sp³-hybridized carbons (Fsp3) is 0.211. The van der Waals surface area contributed by atoms with Gasteiger partial charge in [-0.2, -0.15) is 4.98 Å². The van der Waals surface area contributed by atoms with Crippen molar-refractivity contribution >= 4 is 5.97 Å². The minimum absolute atomic E-state index is 0.0801. The number of hydrogen-bond acceptors (Lipinski definition) is 7. The largest absolute Gasteiger partial charge is 0.493 e. The van der Waals surface area contributed by atoms with Crippen LogP contribution >= 0.6 is 0 Å². The van der Waals surface area contributed by atoms with Crippen LogP contribution in [0.15, 0.2) is 53.1 Å². The van der Waals surface area contributed by atoms with Crippen molar-refractivity contribution in [2.75, 3.05) is 6.61 Å². The first-order chi connectivity index (χ1) is 12.7. The van der Waals surface area contributed by atoms with Gasteiger partial charge in [-0.05, 0) is 36.8 Å². The van der Waals surface area contributed by atoms with Crippen LogP contribution in [-0.2, 0) is 18.0 Å². The average molecular weight is 354 g/mol. The lowest BCUT2D eigenvalue weighted by molar-refractivity contribution is 0.0429. The highest BCUT2D eigenvalue weighted by molar-refractivity contribution is 5.89. The summed E-state index contributed by atoms with van der Waals surface area (Å²) in [6, 6.07) is 13.9. The lowest BCUT2D eigenvalue weighted by atomic mass is 10.1. The maximum atomic E-state index is 12.0. The van der Waals surface area contributed by atoms with E-state index < -0.39 is 5.97 Å². The van der Waals surface area contributed by atoms with Gasteiger partial charge in [0.25, 0.3) is 5.89 Å². The molecule has 7 nitrogen and oxygen atoms in total. The van der Waals surface area contributed by atoms with Gasteiger partial charge in [0.2, 0.25) is 5.82 Å². The number of para-hydroxylation sites is 1. The lowest BCUT2D eigenvalue weighted by Gasteiger charge is -2.06. The Kier molecular flexibility index (Phi) is 5.60. The molecule has 134 valence electrons. The van der Waals surface area contributed by atoms with E-state index in [1.807, 2.05) is 31.2 Å². The Morgan fingerprint density at radius 2 is 1.92 bits per heavy atom. The third-order valence-electron chi connectivity index (χ3n) is 3.59. The van der Waals surface area contributed by atoms with E-state index in [1.165, 1.54) is 0 Å². The molecule has 0 spiro atoms. The summed E-state index contributed by atoms with van der Waals surface area (Å²) < 4.78 is 15.9. The number of ether oxygens (including phenoxy) is 2. The molecule has 0 fully saturated rings. The summed E-state index contributed by atoms with van der Waals surface area (Å²) >= 11 is 0. The zero-order chi connectivity index (χ0) is 18.4. The van der Waals surface area contributed by atoms with Crippen LogP contribution in [0.3, 0.4) is 0 Å². The first kappa shape index (κ1) is 17.6. The minimum atomic E-state index is -0.510.